The van der Waals surface area contributed by atoms with Gasteiger partial charge in [0.15, 0.2) is 15.0 Å². The van der Waals surface area contributed by atoms with Gasteiger partial charge in [-0.2, -0.15) is 4.31 Å². The first-order valence-corrected chi connectivity index (χ1v) is 13.3. The maximum absolute atomic E-state index is 12.4. The summed E-state index contributed by atoms with van der Waals surface area (Å²) in [5, 5.41) is 2.78. The third kappa shape index (κ3) is 4.52. The molecule has 1 aliphatic heterocycles. The first-order valence-electron chi connectivity index (χ1n) is 9.31. The van der Waals surface area contributed by atoms with Crippen molar-refractivity contribution in [2.24, 2.45) is 0 Å². The predicted molar refractivity (Wildman–Crippen MR) is 110 cm³/mol. The van der Waals surface area contributed by atoms with Gasteiger partial charge in [0.2, 0.25) is 15.9 Å². The lowest BCUT2D eigenvalue weighted by Gasteiger charge is -2.25. The van der Waals surface area contributed by atoms with Crippen LogP contribution in [0.1, 0.15) is 29.8 Å². The maximum atomic E-state index is 12.4. The lowest BCUT2D eigenvalue weighted by atomic mass is 10.2. The molecular formula is C18H21N3O5S3. The van der Waals surface area contributed by atoms with Crippen molar-refractivity contribution in [3.05, 3.63) is 40.9 Å². The molecule has 0 atom stereocenters. The molecule has 29 heavy (non-hydrogen) atoms. The van der Waals surface area contributed by atoms with E-state index in [-0.39, 0.29) is 28.9 Å². The molecule has 4 rings (SSSR count). The highest BCUT2D eigenvalue weighted by Gasteiger charge is 2.41. The van der Waals surface area contributed by atoms with E-state index >= 15 is 0 Å². The van der Waals surface area contributed by atoms with E-state index in [2.05, 4.69) is 10.3 Å². The average Bonchev–Trinajstić information content (AvgIpc) is 3.48. The number of thiazole rings is 1. The summed E-state index contributed by atoms with van der Waals surface area (Å²) in [5.74, 6) is -0.723. The molecule has 1 fully saturated rings. The molecule has 11 heteroatoms. The van der Waals surface area contributed by atoms with Crippen LogP contribution < -0.4 is 5.32 Å². The van der Waals surface area contributed by atoms with E-state index in [9.17, 15) is 21.6 Å². The predicted octanol–water partition coefficient (Wildman–Crippen LogP) is 1.80. The van der Waals surface area contributed by atoms with Gasteiger partial charge in [-0.05, 0) is 25.0 Å². The van der Waals surface area contributed by atoms with Crippen molar-refractivity contribution >= 4 is 42.2 Å². The van der Waals surface area contributed by atoms with Gasteiger partial charge in [0.25, 0.3) is 0 Å². The minimum absolute atomic E-state index is 0.177. The SMILES string of the molecule is O=C(CCS(=O)(=O)c1ccccc1)Nc1nc2c(s1)CN(S(=O)(=O)C1CC1)CC2. The lowest BCUT2D eigenvalue weighted by Crippen LogP contribution is -2.37. The van der Waals surface area contributed by atoms with E-state index in [4.69, 9.17) is 0 Å². The minimum atomic E-state index is -3.53. The number of nitrogens with zero attached hydrogens (tertiary/aromatic N) is 2. The molecule has 0 bridgehead atoms. The Labute approximate surface area is 173 Å². The fourth-order valence-corrected chi connectivity index (χ4v) is 7.37. The number of hydrogen-bond donors (Lipinski definition) is 1. The summed E-state index contributed by atoms with van der Waals surface area (Å²) in [6.45, 7) is 0.683. The molecule has 156 valence electrons. The van der Waals surface area contributed by atoms with E-state index in [0.29, 0.717) is 18.1 Å². The summed E-state index contributed by atoms with van der Waals surface area (Å²) in [5.41, 5.74) is 0.796. The second kappa shape index (κ2) is 7.78. The molecule has 0 radical (unpaired) electrons. The number of rotatable bonds is 7. The molecule has 0 spiro atoms. The molecule has 1 aromatic carbocycles. The van der Waals surface area contributed by atoms with E-state index in [1.54, 1.807) is 18.2 Å². The van der Waals surface area contributed by atoms with Crippen molar-refractivity contribution in [2.45, 2.75) is 42.4 Å². The largest absolute Gasteiger partial charge is 0.302 e. The zero-order valence-electron chi connectivity index (χ0n) is 15.6. The zero-order valence-corrected chi connectivity index (χ0v) is 18.0. The molecule has 1 N–H and O–H groups in total. The number of sulfonamides is 1. The van der Waals surface area contributed by atoms with E-state index in [1.807, 2.05) is 0 Å². The van der Waals surface area contributed by atoms with Gasteiger partial charge < -0.3 is 5.32 Å². The minimum Gasteiger partial charge on any atom is -0.302 e. The number of benzene rings is 1. The number of carbonyl (C=O) groups excluding carboxylic acids is 1. The number of sulfone groups is 1. The molecule has 2 aliphatic rings. The number of hydrogen-bond acceptors (Lipinski definition) is 7. The average molecular weight is 456 g/mol. The lowest BCUT2D eigenvalue weighted by molar-refractivity contribution is -0.115. The Balaban J connectivity index is 1.36. The first-order chi connectivity index (χ1) is 13.8. The number of nitrogens with one attached hydrogen (secondary N) is 1. The highest BCUT2D eigenvalue weighted by molar-refractivity contribution is 7.91. The van der Waals surface area contributed by atoms with Gasteiger partial charge in [0.05, 0.1) is 21.6 Å². The topological polar surface area (TPSA) is 114 Å². The fraction of sp³-hybridized carbons (Fsp3) is 0.444. The van der Waals surface area contributed by atoms with Crippen molar-refractivity contribution in [3.8, 4) is 0 Å². The van der Waals surface area contributed by atoms with Crippen LogP contribution in [0.15, 0.2) is 35.2 Å². The Bertz CT molecular complexity index is 1120. The third-order valence-electron chi connectivity index (χ3n) is 4.95. The van der Waals surface area contributed by atoms with Gasteiger partial charge in [0.1, 0.15) is 0 Å². The normalized spacial score (nSPS) is 17.7. The van der Waals surface area contributed by atoms with Crippen LogP contribution in [-0.2, 0) is 37.6 Å². The smallest absolute Gasteiger partial charge is 0.227 e. The molecule has 0 unspecified atom stereocenters. The van der Waals surface area contributed by atoms with Crippen LogP contribution in [0.5, 0.6) is 0 Å². The summed E-state index contributed by atoms with van der Waals surface area (Å²) in [4.78, 5) is 17.6. The Morgan fingerprint density at radius 1 is 1.17 bits per heavy atom. The van der Waals surface area contributed by atoms with E-state index in [1.165, 1.54) is 27.8 Å². The van der Waals surface area contributed by atoms with E-state index in [0.717, 1.165) is 23.4 Å². The first kappa shape index (κ1) is 20.5. The van der Waals surface area contributed by atoms with Crippen LogP contribution in [0.3, 0.4) is 0 Å². The van der Waals surface area contributed by atoms with Gasteiger partial charge in [0, 0.05) is 30.8 Å². The van der Waals surface area contributed by atoms with Crippen LogP contribution in [0.4, 0.5) is 5.13 Å². The van der Waals surface area contributed by atoms with E-state index < -0.39 is 25.8 Å². The monoisotopic (exact) mass is 455 g/mol. The van der Waals surface area contributed by atoms with Crippen LogP contribution in [-0.4, -0.2) is 49.6 Å². The quantitative estimate of drug-likeness (QED) is 0.681. The number of anilines is 1. The molecule has 2 heterocycles. The highest BCUT2D eigenvalue weighted by atomic mass is 32.2. The number of amides is 1. The summed E-state index contributed by atoms with van der Waals surface area (Å²) in [7, 11) is -6.77. The molecule has 1 amide bonds. The molecule has 8 nitrogen and oxygen atoms in total. The van der Waals surface area contributed by atoms with Crippen molar-refractivity contribution in [3.63, 3.8) is 0 Å². The van der Waals surface area contributed by atoms with Gasteiger partial charge in [-0.3, -0.25) is 4.79 Å². The van der Waals surface area contributed by atoms with Gasteiger partial charge in [-0.15, -0.1) is 11.3 Å². The van der Waals surface area contributed by atoms with Crippen molar-refractivity contribution in [1.29, 1.82) is 0 Å². The second-order valence-electron chi connectivity index (χ2n) is 7.15. The molecule has 1 aromatic heterocycles. The summed E-state index contributed by atoms with van der Waals surface area (Å²) in [6.07, 6.45) is 1.78. The van der Waals surface area contributed by atoms with Crippen molar-refractivity contribution in [2.75, 3.05) is 17.6 Å². The Kier molecular flexibility index (Phi) is 5.49. The van der Waals surface area contributed by atoms with Gasteiger partial charge in [-0.25, -0.2) is 21.8 Å². The standard InChI is InChI=1S/C18H21N3O5S3/c22-17(9-11-28(23,24)13-4-2-1-3-5-13)20-18-19-15-8-10-21(12-16(15)27-18)29(25,26)14-6-7-14/h1-5,14H,6-12H2,(H,19,20,22). The zero-order chi connectivity index (χ0) is 20.6. The van der Waals surface area contributed by atoms with Crippen LogP contribution in [0, 0.1) is 0 Å². The summed E-state index contributed by atoms with van der Waals surface area (Å²) >= 11 is 1.25. The van der Waals surface area contributed by atoms with Crippen LogP contribution >= 0.6 is 11.3 Å². The number of aromatic nitrogens is 1. The number of carbonyl (C=O) groups is 1. The van der Waals surface area contributed by atoms with Gasteiger partial charge >= 0.3 is 0 Å². The summed E-state index contributed by atoms with van der Waals surface area (Å²) in [6, 6.07) is 8.01. The molecule has 1 saturated carbocycles. The third-order valence-corrected chi connectivity index (χ3v) is 10.0. The highest BCUT2D eigenvalue weighted by Crippen LogP contribution is 2.35. The molecule has 2 aromatic rings. The fourth-order valence-electron chi connectivity index (χ4n) is 3.17. The maximum Gasteiger partial charge on any atom is 0.227 e. The molecule has 1 aliphatic carbocycles. The molecule has 0 saturated heterocycles. The number of fused-ring (bicyclic) bond motifs is 1. The Morgan fingerprint density at radius 2 is 1.90 bits per heavy atom. The van der Waals surface area contributed by atoms with Crippen LogP contribution in [0.25, 0.3) is 0 Å². The van der Waals surface area contributed by atoms with Crippen molar-refractivity contribution in [1.82, 2.24) is 9.29 Å². The Hall–Kier alpha value is -1.82. The van der Waals surface area contributed by atoms with Gasteiger partial charge in [-0.1, -0.05) is 18.2 Å². The van der Waals surface area contributed by atoms with Crippen LogP contribution in [0.2, 0.25) is 0 Å². The Morgan fingerprint density at radius 3 is 2.59 bits per heavy atom. The molecular weight excluding hydrogens is 434 g/mol. The second-order valence-corrected chi connectivity index (χ2v) is 12.6. The summed E-state index contributed by atoms with van der Waals surface area (Å²) < 4.78 is 50.9. The van der Waals surface area contributed by atoms with Crippen molar-refractivity contribution < 1.29 is 21.6 Å².